The fourth-order valence-electron chi connectivity index (χ4n) is 1.74. The molecule has 0 bridgehead atoms. The van der Waals surface area contributed by atoms with Gasteiger partial charge in [-0.25, -0.2) is 4.63 Å². The number of hydrogen-bond acceptors (Lipinski definition) is 6. The molecule has 1 N–H and O–H groups in total. The van der Waals surface area contributed by atoms with Crippen LogP contribution in [-0.4, -0.2) is 24.5 Å². The topological polar surface area (TPSA) is 69.4 Å². The SMILES string of the molecule is CNCc1cccc(OC)c1OCc1nonc1C. The number of rotatable bonds is 6. The monoisotopic (exact) mass is 263 g/mol. The third kappa shape index (κ3) is 3.03. The molecule has 0 aliphatic carbocycles. The van der Waals surface area contributed by atoms with Crippen molar-refractivity contribution in [2.75, 3.05) is 14.2 Å². The molecule has 1 heterocycles. The molecule has 19 heavy (non-hydrogen) atoms. The summed E-state index contributed by atoms with van der Waals surface area (Å²) in [4.78, 5) is 0. The zero-order valence-electron chi connectivity index (χ0n) is 11.3. The highest BCUT2D eigenvalue weighted by Gasteiger charge is 2.12. The van der Waals surface area contributed by atoms with E-state index in [9.17, 15) is 0 Å². The number of hydrogen-bond donors (Lipinski definition) is 1. The number of nitrogens with zero attached hydrogens (tertiary/aromatic N) is 2. The van der Waals surface area contributed by atoms with Crippen molar-refractivity contribution in [2.24, 2.45) is 0 Å². The van der Waals surface area contributed by atoms with E-state index < -0.39 is 0 Å². The third-order valence-corrected chi connectivity index (χ3v) is 2.75. The lowest BCUT2D eigenvalue weighted by molar-refractivity contribution is 0.258. The van der Waals surface area contributed by atoms with Crippen LogP contribution < -0.4 is 14.8 Å². The van der Waals surface area contributed by atoms with Crippen molar-refractivity contribution in [3.8, 4) is 11.5 Å². The van der Waals surface area contributed by atoms with Gasteiger partial charge in [0.2, 0.25) is 0 Å². The fourth-order valence-corrected chi connectivity index (χ4v) is 1.74. The quantitative estimate of drug-likeness (QED) is 0.855. The van der Waals surface area contributed by atoms with Crippen molar-refractivity contribution in [1.82, 2.24) is 15.6 Å². The van der Waals surface area contributed by atoms with Crippen LogP contribution in [-0.2, 0) is 13.2 Å². The summed E-state index contributed by atoms with van der Waals surface area (Å²) >= 11 is 0. The van der Waals surface area contributed by atoms with Gasteiger partial charge in [0, 0.05) is 12.1 Å². The largest absolute Gasteiger partial charge is 0.493 e. The van der Waals surface area contributed by atoms with Crippen LogP contribution in [0, 0.1) is 6.92 Å². The number of benzene rings is 1. The smallest absolute Gasteiger partial charge is 0.166 e. The zero-order chi connectivity index (χ0) is 13.7. The Kier molecular flexibility index (Phi) is 4.35. The van der Waals surface area contributed by atoms with Crippen LogP contribution in [0.1, 0.15) is 17.0 Å². The highest BCUT2D eigenvalue weighted by molar-refractivity contribution is 5.46. The molecule has 0 unspecified atom stereocenters. The van der Waals surface area contributed by atoms with E-state index in [-0.39, 0.29) is 0 Å². The van der Waals surface area contributed by atoms with E-state index in [2.05, 4.69) is 20.3 Å². The summed E-state index contributed by atoms with van der Waals surface area (Å²) in [7, 11) is 3.50. The highest BCUT2D eigenvalue weighted by Crippen LogP contribution is 2.31. The molecule has 1 aromatic carbocycles. The lowest BCUT2D eigenvalue weighted by Gasteiger charge is -2.14. The minimum absolute atomic E-state index is 0.298. The van der Waals surface area contributed by atoms with Crippen LogP contribution in [0.3, 0.4) is 0 Å². The van der Waals surface area contributed by atoms with Gasteiger partial charge in [0.15, 0.2) is 11.5 Å². The lowest BCUT2D eigenvalue weighted by Crippen LogP contribution is -2.09. The van der Waals surface area contributed by atoms with Crippen LogP contribution in [0.5, 0.6) is 11.5 Å². The van der Waals surface area contributed by atoms with Crippen molar-refractivity contribution in [1.29, 1.82) is 0 Å². The van der Waals surface area contributed by atoms with Gasteiger partial charge in [0.25, 0.3) is 0 Å². The molecule has 0 atom stereocenters. The second-order valence-corrected chi connectivity index (χ2v) is 4.06. The first-order valence-electron chi connectivity index (χ1n) is 5.97. The van der Waals surface area contributed by atoms with Gasteiger partial charge in [0.05, 0.1) is 7.11 Å². The van der Waals surface area contributed by atoms with Gasteiger partial charge in [-0.05, 0) is 20.0 Å². The van der Waals surface area contributed by atoms with Crippen LogP contribution in [0.4, 0.5) is 0 Å². The van der Waals surface area contributed by atoms with E-state index in [0.29, 0.717) is 30.3 Å². The molecule has 6 nitrogen and oxygen atoms in total. The first-order valence-corrected chi connectivity index (χ1v) is 5.97. The second-order valence-electron chi connectivity index (χ2n) is 4.06. The summed E-state index contributed by atoms with van der Waals surface area (Å²) in [6, 6.07) is 5.78. The Labute approximate surface area is 111 Å². The van der Waals surface area contributed by atoms with Crippen LogP contribution in [0.25, 0.3) is 0 Å². The number of methoxy groups -OCH3 is 1. The van der Waals surface area contributed by atoms with Gasteiger partial charge in [-0.15, -0.1) is 0 Å². The van der Waals surface area contributed by atoms with Gasteiger partial charge in [-0.2, -0.15) is 0 Å². The Hall–Kier alpha value is -2.08. The molecule has 2 rings (SSSR count). The Bertz CT molecular complexity index is 540. The summed E-state index contributed by atoms with van der Waals surface area (Å²) in [6.07, 6.45) is 0. The van der Waals surface area contributed by atoms with E-state index in [1.807, 2.05) is 32.2 Å². The number of nitrogens with one attached hydrogen (secondary N) is 1. The summed E-state index contributed by atoms with van der Waals surface area (Å²) in [6.45, 7) is 2.82. The van der Waals surface area contributed by atoms with E-state index in [4.69, 9.17) is 9.47 Å². The molecule has 1 aromatic heterocycles. The fraction of sp³-hybridized carbons (Fsp3) is 0.385. The number of aryl methyl sites for hydroxylation is 1. The minimum atomic E-state index is 0.298. The average Bonchev–Trinajstić information content (AvgIpc) is 2.83. The maximum atomic E-state index is 5.81. The Morgan fingerprint density at radius 3 is 2.79 bits per heavy atom. The molecule has 0 aliphatic rings. The van der Waals surface area contributed by atoms with Crippen molar-refractivity contribution in [3.63, 3.8) is 0 Å². The number of para-hydroxylation sites is 1. The molecule has 0 aliphatic heterocycles. The maximum Gasteiger partial charge on any atom is 0.166 e. The molecule has 0 saturated heterocycles. The van der Waals surface area contributed by atoms with Crippen LogP contribution >= 0.6 is 0 Å². The van der Waals surface area contributed by atoms with E-state index in [0.717, 1.165) is 11.3 Å². The third-order valence-electron chi connectivity index (χ3n) is 2.75. The summed E-state index contributed by atoms with van der Waals surface area (Å²) in [5, 5.41) is 10.6. The Morgan fingerprint density at radius 2 is 2.16 bits per heavy atom. The number of ether oxygens (including phenoxy) is 2. The predicted octanol–water partition coefficient (Wildman–Crippen LogP) is 1.69. The molecule has 6 heteroatoms. The summed E-state index contributed by atoms with van der Waals surface area (Å²) in [5.41, 5.74) is 2.43. The van der Waals surface area contributed by atoms with E-state index >= 15 is 0 Å². The number of aromatic nitrogens is 2. The predicted molar refractivity (Wildman–Crippen MR) is 69.1 cm³/mol. The van der Waals surface area contributed by atoms with Gasteiger partial charge >= 0.3 is 0 Å². The maximum absolute atomic E-state index is 5.81. The van der Waals surface area contributed by atoms with Gasteiger partial charge in [-0.3, -0.25) is 0 Å². The van der Waals surface area contributed by atoms with Gasteiger partial charge in [-0.1, -0.05) is 22.4 Å². The molecule has 0 amide bonds. The van der Waals surface area contributed by atoms with E-state index in [1.165, 1.54) is 0 Å². The summed E-state index contributed by atoms with van der Waals surface area (Å²) in [5.74, 6) is 1.41. The molecule has 0 saturated carbocycles. The molecular formula is C13H17N3O3. The Morgan fingerprint density at radius 1 is 1.32 bits per heavy atom. The second kappa shape index (κ2) is 6.19. The highest BCUT2D eigenvalue weighted by atomic mass is 16.6. The average molecular weight is 263 g/mol. The normalized spacial score (nSPS) is 10.5. The van der Waals surface area contributed by atoms with Crippen molar-refractivity contribution >= 4 is 0 Å². The standard InChI is InChI=1S/C13H17N3O3/c1-9-11(16-19-15-9)8-18-13-10(7-14-2)5-4-6-12(13)17-3/h4-6,14H,7-8H2,1-3H3. The minimum Gasteiger partial charge on any atom is -0.493 e. The molecule has 0 radical (unpaired) electrons. The van der Waals surface area contributed by atoms with Crippen LogP contribution in [0.2, 0.25) is 0 Å². The molecule has 102 valence electrons. The van der Waals surface area contributed by atoms with E-state index in [1.54, 1.807) is 7.11 Å². The molecular weight excluding hydrogens is 246 g/mol. The zero-order valence-corrected chi connectivity index (χ0v) is 11.3. The van der Waals surface area contributed by atoms with Crippen LogP contribution in [0.15, 0.2) is 22.8 Å². The van der Waals surface area contributed by atoms with Crippen molar-refractivity contribution in [3.05, 3.63) is 35.2 Å². The van der Waals surface area contributed by atoms with Gasteiger partial charge < -0.3 is 14.8 Å². The lowest BCUT2D eigenvalue weighted by atomic mass is 10.2. The first kappa shape index (κ1) is 13.4. The molecule has 2 aromatic rings. The Balaban J connectivity index is 2.20. The van der Waals surface area contributed by atoms with Gasteiger partial charge in [0.1, 0.15) is 18.0 Å². The summed E-state index contributed by atoms with van der Waals surface area (Å²) < 4.78 is 15.8. The van der Waals surface area contributed by atoms with Crippen molar-refractivity contribution < 1.29 is 14.1 Å². The molecule has 0 spiro atoms. The van der Waals surface area contributed by atoms with Crippen molar-refractivity contribution in [2.45, 2.75) is 20.1 Å². The molecule has 0 fully saturated rings. The first-order chi connectivity index (χ1) is 9.26.